The molecule has 2 amide bonds. The van der Waals surface area contributed by atoms with Crippen molar-refractivity contribution in [3.63, 3.8) is 0 Å². The number of hydrogen-bond donors (Lipinski definition) is 4. The maximum absolute atomic E-state index is 13.2. The van der Waals surface area contributed by atoms with E-state index in [4.69, 9.17) is 4.74 Å². The van der Waals surface area contributed by atoms with Crippen LogP contribution in [0, 0.1) is 0 Å². The van der Waals surface area contributed by atoms with Crippen LogP contribution in [0.4, 0.5) is 0 Å². The Kier molecular flexibility index (Phi) is 11.4. The number of rotatable bonds is 15. The molecule has 4 rings (SSSR count). The molecular formula is C33H36N4O8S. The number of sulfonamides is 1. The SMILES string of the molecule is CCCc1cc(C(=O)N[C@H](Cc2ccccc2)[C@@H](O)C(=O)O)nn1Cc1ccc(-c2ccccc2S(=O)(=O)NC(=O)COC)cc1. The lowest BCUT2D eigenvalue weighted by Gasteiger charge is -2.21. The summed E-state index contributed by atoms with van der Waals surface area (Å²) in [5.41, 5.74) is 3.48. The van der Waals surface area contributed by atoms with E-state index < -0.39 is 46.6 Å². The number of nitrogens with zero attached hydrogens (tertiary/aromatic N) is 2. The highest BCUT2D eigenvalue weighted by atomic mass is 32.2. The smallest absolute Gasteiger partial charge is 0.334 e. The second-order valence-electron chi connectivity index (χ2n) is 10.6. The van der Waals surface area contributed by atoms with Crippen molar-refractivity contribution >= 4 is 27.8 Å². The second-order valence-corrected chi connectivity index (χ2v) is 12.3. The van der Waals surface area contributed by atoms with Gasteiger partial charge in [0, 0.05) is 18.4 Å². The number of benzene rings is 3. The molecule has 0 saturated heterocycles. The van der Waals surface area contributed by atoms with Gasteiger partial charge in [0.15, 0.2) is 6.10 Å². The van der Waals surface area contributed by atoms with Crippen molar-refractivity contribution in [3.05, 3.63) is 107 Å². The van der Waals surface area contributed by atoms with Crippen LogP contribution in [0.15, 0.2) is 89.8 Å². The van der Waals surface area contributed by atoms with E-state index in [1.54, 1.807) is 65.3 Å². The fourth-order valence-electron chi connectivity index (χ4n) is 4.95. The summed E-state index contributed by atoms with van der Waals surface area (Å²) in [6, 6.07) is 23.0. The van der Waals surface area contributed by atoms with Crippen LogP contribution in [-0.4, -0.2) is 72.1 Å². The molecule has 4 N–H and O–H groups in total. The summed E-state index contributed by atoms with van der Waals surface area (Å²) >= 11 is 0. The molecule has 242 valence electrons. The number of aliphatic carboxylic acids is 1. The van der Waals surface area contributed by atoms with Gasteiger partial charge >= 0.3 is 5.97 Å². The molecule has 0 bridgehead atoms. The normalized spacial score (nSPS) is 12.7. The summed E-state index contributed by atoms with van der Waals surface area (Å²) < 4.78 is 34.3. The predicted octanol–water partition coefficient (Wildman–Crippen LogP) is 2.79. The molecule has 12 nitrogen and oxygen atoms in total. The van der Waals surface area contributed by atoms with E-state index in [2.05, 4.69) is 10.4 Å². The number of carbonyl (C=O) groups excluding carboxylic acids is 2. The number of aryl methyl sites for hydroxylation is 1. The molecular weight excluding hydrogens is 612 g/mol. The Morgan fingerprint density at radius 2 is 1.63 bits per heavy atom. The molecule has 0 saturated carbocycles. The van der Waals surface area contributed by atoms with Crippen LogP contribution >= 0.6 is 0 Å². The standard InChI is InChI=1S/C33H36N4O8S/c1-3-9-25-19-28(32(40)34-27(31(39)33(41)42)18-22-10-5-4-6-11-22)35-37(25)20-23-14-16-24(17-15-23)26-12-7-8-13-29(26)46(43,44)36-30(38)21-45-2/h4-8,10-17,19,27,31,39H,3,9,18,20-21H2,1-2H3,(H,34,40)(H,36,38)(H,41,42)/t27-,31-/m1/s1. The van der Waals surface area contributed by atoms with Gasteiger partial charge in [-0.15, -0.1) is 0 Å². The van der Waals surface area contributed by atoms with Crippen molar-refractivity contribution in [1.29, 1.82) is 0 Å². The monoisotopic (exact) mass is 648 g/mol. The van der Waals surface area contributed by atoms with Crippen LogP contribution < -0.4 is 10.0 Å². The maximum atomic E-state index is 13.2. The number of carboxylic acid groups (broad SMARTS) is 1. The van der Waals surface area contributed by atoms with Gasteiger partial charge in [-0.05, 0) is 41.7 Å². The first-order chi connectivity index (χ1) is 22.0. The molecule has 2 atom stereocenters. The van der Waals surface area contributed by atoms with E-state index in [1.165, 1.54) is 13.2 Å². The average molecular weight is 649 g/mol. The lowest BCUT2D eigenvalue weighted by atomic mass is 10.0. The molecule has 4 aromatic rings. The minimum Gasteiger partial charge on any atom is -0.479 e. The number of nitrogens with one attached hydrogen (secondary N) is 2. The highest BCUT2D eigenvalue weighted by molar-refractivity contribution is 7.90. The third kappa shape index (κ3) is 8.65. The third-order valence-electron chi connectivity index (χ3n) is 7.15. The van der Waals surface area contributed by atoms with Gasteiger partial charge in [-0.2, -0.15) is 5.10 Å². The number of carboxylic acids is 1. The largest absolute Gasteiger partial charge is 0.479 e. The van der Waals surface area contributed by atoms with E-state index in [9.17, 15) is 33.0 Å². The first kappa shape index (κ1) is 34.0. The van der Waals surface area contributed by atoms with Gasteiger partial charge in [0.05, 0.1) is 17.5 Å². The number of methoxy groups -OCH3 is 1. The average Bonchev–Trinajstić information content (AvgIpc) is 3.43. The highest BCUT2D eigenvalue weighted by Crippen LogP contribution is 2.28. The molecule has 1 heterocycles. The van der Waals surface area contributed by atoms with E-state index in [0.717, 1.165) is 23.2 Å². The van der Waals surface area contributed by atoms with Crippen LogP contribution in [0.25, 0.3) is 11.1 Å². The zero-order chi connectivity index (χ0) is 33.3. The van der Waals surface area contributed by atoms with Crippen LogP contribution in [-0.2, 0) is 43.7 Å². The Labute approximate surface area is 267 Å². The third-order valence-corrected chi connectivity index (χ3v) is 8.58. The van der Waals surface area contributed by atoms with E-state index in [1.807, 2.05) is 29.8 Å². The summed E-state index contributed by atoms with van der Waals surface area (Å²) in [5.74, 6) is -2.84. The van der Waals surface area contributed by atoms with Crippen molar-refractivity contribution in [2.24, 2.45) is 0 Å². The van der Waals surface area contributed by atoms with E-state index in [0.29, 0.717) is 24.1 Å². The number of aliphatic hydroxyl groups is 1. The van der Waals surface area contributed by atoms with E-state index in [-0.39, 0.29) is 17.0 Å². The van der Waals surface area contributed by atoms with Crippen LogP contribution in [0.2, 0.25) is 0 Å². The lowest BCUT2D eigenvalue weighted by molar-refractivity contribution is -0.148. The quantitative estimate of drug-likeness (QED) is 0.151. The van der Waals surface area contributed by atoms with Crippen molar-refractivity contribution in [1.82, 2.24) is 19.8 Å². The number of ether oxygens (including phenoxy) is 1. The number of hydrogen-bond acceptors (Lipinski definition) is 8. The molecule has 0 spiro atoms. The minimum absolute atomic E-state index is 0.0567. The van der Waals surface area contributed by atoms with Gasteiger partial charge in [0.25, 0.3) is 21.8 Å². The summed E-state index contributed by atoms with van der Waals surface area (Å²) in [5, 5.41) is 26.9. The zero-order valence-corrected chi connectivity index (χ0v) is 26.2. The Morgan fingerprint density at radius 1 is 0.957 bits per heavy atom. The maximum Gasteiger partial charge on any atom is 0.334 e. The van der Waals surface area contributed by atoms with Crippen LogP contribution in [0.3, 0.4) is 0 Å². The highest BCUT2D eigenvalue weighted by Gasteiger charge is 2.29. The molecule has 13 heteroatoms. The summed E-state index contributed by atoms with van der Waals surface area (Å²) in [6.45, 7) is 1.90. The summed E-state index contributed by atoms with van der Waals surface area (Å²) in [6.07, 6.45) is -0.295. The number of carbonyl (C=O) groups is 3. The zero-order valence-electron chi connectivity index (χ0n) is 25.4. The Morgan fingerprint density at radius 3 is 2.28 bits per heavy atom. The van der Waals surface area contributed by atoms with Gasteiger partial charge in [-0.25, -0.2) is 17.9 Å². The molecule has 3 aromatic carbocycles. The number of aliphatic hydroxyl groups excluding tert-OH is 1. The van der Waals surface area contributed by atoms with Crippen molar-refractivity contribution in [2.75, 3.05) is 13.7 Å². The number of amides is 2. The molecule has 1 aromatic heterocycles. The Bertz CT molecular complexity index is 1770. The molecule has 0 radical (unpaired) electrons. The summed E-state index contributed by atoms with van der Waals surface area (Å²) in [7, 11) is -2.86. The topological polar surface area (TPSA) is 177 Å². The molecule has 0 fully saturated rings. The van der Waals surface area contributed by atoms with Crippen molar-refractivity contribution in [2.45, 2.75) is 49.8 Å². The van der Waals surface area contributed by atoms with Gasteiger partial charge in [-0.3, -0.25) is 14.3 Å². The molecule has 46 heavy (non-hydrogen) atoms. The molecule has 0 unspecified atom stereocenters. The van der Waals surface area contributed by atoms with Gasteiger partial charge in [0.2, 0.25) is 0 Å². The van der Waals surface area contributed by atoms with Crippen molar-refractivity contribution < 1.29 is 37.8 Å². The van der Waals surface area contributed by atoms with E-state index >= 15 is 0 Å². The predicted molar refractivity (Wildman–Crippen MR) is 169 cm³/mol. The lowest BCUT2D eigenvalue weighted by Crippen LogP contribution is -2.48. The minimum atomic E-state index is -4.15. The second kappa shape index (κ2) is 15.4. The number of aromatic nitrogens is 2. The Hall–Kier alpha value is -4.85. The van der Waals surface area contributed by atoms with Crippen LogP contribution in [0.5, 0.6) is 0 Å². The van der Waals surface area contributed by atoms with Gasteiger partial charge in [0.1, 0.15) is 12.3 Å². The molecule has 0 aliphatic rings. The summed E-state index contributed by atoms with van der Waals surface area (Å²) in [4.78, 5) is 36.7. The van der Waals surface area contributed by atoms with Crippen LogP contribution in [0.1, 0.15) is 40.7 Å². The Balaban J connectivity index is 1.54. The van der Waals surface area contributed by atoms with Gasteiger partial charge in [-0.1, -0.05) is 86.1 Å². The van der Waals surface area contributed by atoms with Crippen molar-refractivity contribution in [3.8, 4) is 11.1 Å². The fourth-order valence-corrected chi connectivity index (χ4v) is 6.15. The fraction of sp³-hybridized carbons (Fsp3) is 0.273. The van der Waals surface area contributed by atoms with Gasteiger partial charge < -0.3 is 20.3 Å². The molecule has 0 aliphatic heterocycles. The first-order valence-corrected chi connectivity index (χ1v) is 16.1. The molecule has 0 aliphatic carbocycles. The first-order valence-electron chi connectivity index (χ1n) is 14.6.